The van der Waals surface area contributed by atoms with Gasteiger partial charge in [0, 0.05) is 68.5 Å². The number of aldehydes is 1. The molecule has 1 atom stereocenters. The third kappa shape index (κ3) is 4.00. The number of rotatable bonds is 6. The second-order valence-electron chi connectivity index (χ2n) is 8.29. The zero-order valence-electron chi connectivity index (χ0n) is 17.3. The summed E-state index contributed by atoms with van der Waals surface area (Å²) in [4.78, 5) is 24.3. The molecular formula is C23H26ClN5O2. The molecule has 2 aliphatic rings. The molecule has 5 rings (SSSR count). The Morgan fingerprint density at radius 3 is 2.77 bits per heavy atom. The fourth-order valence-corrected chi connectivity index (χ4v) is 4.90. The lowest BCUT2D eigenvalue weighted by molar-refractivity contribution is -0.109. The third-order valence-corrected chi connectivity index (χ3v) is 6.67. The van der Waals surface area contributed by atoms with Gasteiger partial charge in [0.2, 0.25) is 0 Å². The second kappa shape index (κ2) is 8.68. The van der Waals surface area contributed by atoms with Gasteiger partial charge in [-0.25, -0.2) is 0 Å². The summed E-state index contributed by atoms with van der Waals surface area (Å²) in [7, 11) is 0. The number of halogens is 1. The van der Waals surface area contributed by atoms with Crippen LogP contribution < -0.4 is 5.32 Å². The lowest BCUT2D eigenvalue weighted by Gasteiger charge is -2.34. The first-order valence-electron chi connectivity index (χ1n) is 10.7. The molecule has 0 saturated carbocycles. The van der Waals surface area contributed by atoms with E-state index in [1.165, 1.54) is 5.56 Å². The van der Waals surface area contributed by atoms with Gasteiger partial charge in [-0.15, -0.1) is 0 Å². The van der Waals surface area contributed by atoms with E-state index in [0.29, 0.717) is 11.6 Å². The Balaban J connectivity index is 1.39. The van der Waals surface area contributed by atoms with Crippen LogP contribution in [0.5, 0.6) is 0 Å². The van der Waals surface area contributed by atoms with Crippen LogP contribution in [0, 0.1) is 0 Å². The fourth-order valence-electron chi connectivity index (χ4n) is 4.68. The van der Waals surface area contributed by atoms with Crippen LogP contribution in [0.25, 0.3) is 22.3 Å². The maximum absolute atomic E-state index is 11.6. The Kier molecular flexibility index (Phi) is 5.77. The van der Waals surface area contributed by atoms with E-state index in [9.17, 15) is 4.79 Å². The van der Waals surface area contributed by atoms with E-state index >= 15 is 0 Å². The van der Waals surface area contributed by atoms with E-state index in [2.05, 4.69) is 49.4 Å². The van der Waals surface area contributed by atoms with E-state index in [1.807, 2.05) is 0 Å². The number of benzene rings is 1. The molecule has 2 aromatic heterocycles. The number of β-amino-alcohol motifs (C(OH)–C–C–N with tert-alkyl or cyclic N) is 1. The van der Waals surface area contributed by atoms with Gasteiger partial charge in [0.25, 0.3) is 0 Å². The fraction of sp³-hybridized carbons (Fsp3) is 0.391. The Morgan fingerprint density at radius 1 is 1.19 bits per heavy atom. The molecule has 2 aliphatic heterocycles. The van der Waals surface area contributed by atoms with Crippen LogP contribution in [0.4, 0.5) is 0 Å². The number of hydrogen-bond donors (Lipinski definition) is 3. The van der Waals surface area contributed by atoms with E-state index in [0.717, 1.165) is 79.0 Å². The SMILES string of the molecule is O=CC1NCc2c(Cl)cnc(-c3cc4cc(CN5CCN(CCO)CC5)ccc4[nH]3)c21. The highest BCUT2D eigenvalue weighted by atomic mass is 35.5. The highest BCUT2D eigenvalue weighted by Crippen LogP contribution is 2.37. The molecule has 0 bridgehead atoms. The normalized spacial score (nSPS) is 19.7. The molecule has 1 fully saturated rings. The number of H-pyrrole nitrogens is 1. The first-order valence-corrected chi connectivity index (χ1v) is 11.1. The summed E-state index contributed by atoms with van der Waals surface area (Å²) in [6.07, 6.45) is 2.58. The standard InChI is InChI=1S/C23H26ClN5O2/c24-18-12-26-23(22-17(18)11-25-21(22)14-31)20-10-16-9-15(1-2-19(16)27-20)13-29-5-3-28(4-6-29)7-8-30/h1-2,9-10,12,14,21,25,27,30H,3-8,11,13H2. The number of pyridine rings is 1. The van der Waals surface area contributed by atoms with Crippen molar-refractivity contribution < 1.29 is 9.90 Å². The highest BCUT2D eigenvalue weighted by molar-refractivity contribution is 6.31. The van der Waals surface area contributed by atoms with Gasteiger partial charge in [-0.1, -0.05) is 17.7 Å². The van der Waals surface area contributed by atoms with Gasteiger partial charge in [-0.05, 0) is 29.3 Å². The summed E-state index contributed by atoms with van der Waals surface area (Å²) in [6.45, 7) is 6.48. The molecule has 4 heterocycles. The number of carbonyl (C=O) groups excluding carboxylic acids is 1. The lowest BCUT2D eigenvalue weighted by Crippen LogP contribution is -2.46. The molecule has 31 heavy (non-hydrogen) atoms. The molecule has 3 aromatic rings. The first kappa shape index (κ1) is 20.6. The number of aromatic amines is 1. The van der Waals surface area contributed by atoms with Crippen LogP contribution in [0.3, 0.4) is 0 Å². The Bertz CT molecular complexity index is 1110. The van der Waals surface area contributed by atoms with Crippen molar-refractivity contribution in [1.82, 2.24) is 25.1 Å². The van der Waals surface area contributed by atoms with Crippen LogP contribution in [0.15, 0.2) is 30.5 Å². The number of nitrogens with one attached hydrogen (secondary N) is 2. The predicted octanol–water partition coefficient (Wildman–Crippen LogP) is 2.34. The monoisotopic (exact) mass is 439 g/mol. The van der Waals surface area contributed by atoms with Gasteiger partial charge in [0.15, 0.2) is 0 Å². The number of carbonyl (C=O) groups is 1. The Morgan fingerprint density at radius 2 is 2.00 bits per heavy atom. The van der Waals surface area contributed by atoms with Gasteiger partial charge >= 0.3 is 0 Å². The largest absolute Gasteiger partial charge is 0.395 e. The second-order valence-corrected chi connectivity index (χ2v) is 8.69. The van der Waals surface area contributed by atoms with Crippen LogP contribution in [0.2, 0.25) is 5.02 Å². The van der Waals surface area contributed by atoms with Gasteiger partial charge in [0.1, 0.15) is 6.29 Å². The minimum atomic E-state index is -0.386. The molecule has 8 heteroatoms. The van der Waals surface area contributed by atoms with Crippen molar-refractivity contribution in [3.05, 3.63) is 52.2 Å². The summed E-state index contributed by atoms with van der Waals surface area (Å²) >= 11 is 6.32. The molecule has 0 aliphatic carbocycles. The van der Waals surface area contributed by atoms with Crippen molar-refractivity contribution in [2.75, 3.05) is 39.3 Å². The van der Waals surface area contributed by atoms with Crippen LogP contribution in [-0.4, -0.2) is 70.5 Å². The molecule has 0 amide bonds. The zero-order valence-corrected chi connectivity index (χ0v) is 18.0. The molecule has 3 N–H and O–H groups in total. The van der Waals surface area contributed by atoms with Gasteiger partial charge < -0.3 is 14.9 Å². The number of fused-ring (bicyclic) bond motifs is 2. The third-order valence-electron chi connectivity index (χ3n) is 6.35. The van der Waals surface area contributed by atoms with Crippen molar-refractivity contribution in [1.29, 1.82) is 0 Å². The van der Waals surface area contributed by atoms with Crippen molar-refractivity contribution in [2.45, 2.75) is 19.1 Å². The molecule has 1 unspecified atom stereocenters. The van der Waals surface area contributed by atoms with Crippen molar-refractivity contribution >= 4 is 28.8 Å². The maximum Gasteiger partial charge on any atom is 0.141 e. The van der Waals surface area contributed by atoms with Crippen LogP contribution in [-0.2, 0) is 17.9 Å². The predicted molar refractivity (Wildman–Crippen MR) is 121 cm³/mol. The summed E-state index contributed by atoms with van der Waals surface area (Å²) < 4.78 is 0. The highest BCUT2D eigenvalue weighted by Gasteiger charge is 2.28. The number of aliphatic hydroxyl groups excluding tert-OH is 1. The maximum atomic E-state index is 11.6. The van der Waals surface area contributed by atoms with E-state index < -0.39 is 0 Å². The number of piperazine rings is 1. The van der Waals surface area contributed by atoms with Crippen molar-refractivity contribution in [3.8, 4) is 11.4 Å². The van der Waals surface area contributed by atoms with Crippen LogP contribution in [0.1, 0.15) is 22.7 Å². The Labute approximate surface area is 186 Å². The molecule has 1 aromatic carbocycles. The summed E-state index contributed by atoms with van der Waals surface area (Å²) in [6, 6.07) is 8.22. The summed E-state index contributed by atoms with van der Waals surface area (Å²) in [5.74, 6) is 0. The topological polar surface area (TPSA) is 84.5 Å². The number of hydrogen-bond acceptors (Lipinski definition) is 6. The smallest absolute Gasteiger partial charge is 0.141 e. The van der Waals surface area contributed by atoms with E-state index in [-0.39, 0.29) is 12.6 Å². The minimum Gasteiger partial charge on any atom is -0.395 e. The molecule has 162 valence electrons. The number of aromatic nitrogens is 2. The van der Waals surface area contributed by atoms with Crippen molar-refractivity contribution in [3.63, 3.8) is 0 Å². The molecule has 1 saturated heterocycles. The number of aliphatic hydroxyl groups is 1. The number of nitrogens with zero attached hydrogens (tertiary/aromatic N) is 3. The first-order chi connectivity index (χ1) is 15.2. The average molecular weight is 440 g/mol. The molecule has 0 radical (unpaired) electrons. The molecule has 7 nitrogen and oxygen atoms in total. The lowest BCUT2D eigenvalue weighted by atomic mass is 10.0. The van der Waals surface area contributed by atoms with E-state index in [4.69, 9.17) is 16.7 Å². The summed E-state index contributed by atoms with van der Waals surface area (Å²) in [5.41, 5.74) is 5.81. The van der Waals surface area contributed by atoms with Gasteiger partial charge in [-0.3, -0.25) is 20.1 Å². The summed E-state index contributed by atoms with van der Waals surface area (Å²) in [5, 5.41) is 14.0. The van der Waals surface area contributed by atoms with Crippen molar-refractivity contribution in [2.24, 2.45) is 0 Å². The van der Waals surface area contributed by atoms with Crippen LogP contribution >= 0.6 is 11.6 Å². The average Bonchev–Trinajstić information content (AvgIpc) is 3.40. The molecule has 0 spiro atoms. The van der Waals surface area contributed by atoms with Gasteiger partial charge in [-0.2, -0.15) is 0 Å². The zero-order chi connectivity index (χ0) is 21.4. The van der Waals surface area contributed by atoms with Gasteiger partial charge in [0.05, 0.1) is 29.1 Å². The molecular weight excluding hydrogens is 414 g/mol. The quantitative estimate of drug-likeness (QED) is 0.511. The Hall–Kier alpha value is -2.29. The minimum absolute atomic E-state index is 0.224. The van der Waals surface area contributed by atoms with E-state index in [1.54, 1.807) is 6.20 Å².